The van der Waals surface area contributed by atoms with Gasteiger partial charge in [-0.15, -0.1) is 0 Å². The molecule has 0 aliphatic carbocycles. The molecule has 0 heterocycles. The maximum Gasteiger partial charge on any atom is 0.464 e. The number of rotatable bonds is 1. The van der Waals surface area contributed by atoms with Gasteiger partial charge in [0.2, 0.25) is 0 Å². The largest absolute Gasteiger partial charge is 0.464 e. The molecule has 3 heteroatoms. The Morgan fingerprint density at radius 2 is 2.25 bits per heavy atom. The Hall–Kier alpha value is 0.492. The Morgan fingerprint density at radius 3 is 2.25 bits per heavy atom. The van der Waals surface area contributed by atoms with Crippen molar-refractivity contribution in [3.63, 3.8) is 0 Å². The van der Waals surface area contributed by atoms with Gasteiger partial charge < -0.3 is 4.79 Å². The second-order valence-corrected chi connectivity index (χ2v) is 1.89. The van der Waals surface area contributed by atoms with Crippen molar-refractivity contribution in [2.24, 2.45) is 0 Å². The molecule has 0 radical (unpaired) electrons. The van der Waals surface area contributed by atoms with Crippen molar-refractivity contribution < 1.29 is 4.79 Å². The van der Waals surface area contributed by atoms with E-state index in [1.54, 1.807) is 0 Å². The van der Waals surface area contributed by atoms with Gasteiger partial charge in [0.05, 0.1) is 5.15 Å². The fourth-order valence-corrected chi connectivity index (χ4v) is 0. The van der Waals surface area contributed by atoms with Crippen LogP contribution in [0.5, 0.6) is 0 Å². The Bertz CT molecular complexity index is 22.0. The first-order valence-corrected chi connectivity index (χ1v) is 3.87. The number of hydrogen-bond acceptors (Lipinski definition) is 1. The summed E-state index contributed by atoms with van der Waals surface area (Å²) in [4.78, 5) is 9.10. The van der Waals surface area contributed by atoms with Gasteiger partial charge in [0.25, 0.3) is 0 Å². The molecule has 0 saturated carbocycles. The van der Waals surface area contributed by atoms with Gasteiger partial charge in [0, 0.05) is 0 Å². The highest BCUT2D eigenvalue weighted by molar-refractivity contribution is 7.08. The fourth-order valence-electron chi connectivity index (χ4n) is 0. The first-order valence-electron chi connectivity index (χ1n) is 0.911. The lowest BCUT2D eigenvalue weighted by molar-refractivity contribution is 0.569. The number of carbonyl (C=O) groups is 1. The molecule has 0 amide bonds. The first-order chi connectivity index (χ1) is 1.91. The molecule has 1 nitrogen and oxygen atoms in total. The maximum absolute atomic E-state index is 9.10. The van der Waals surface area contributed by atoms with Gasteiger partial charge in [0.1, 0.15) is 0 Å². The zero-order valence-corrected chi connectivity index (χ0v) is 4.24. The Kier molecular flexibility index (Phi) is 3.92. The molecule has 0 bridgehead atoms. The standard InChI is InChI=1S/CHO.Al.ClH.H/c1-2;;;/h1H;;1H;/q;+1;;/p-1. The van der Waals surface area contributed by atoms with E-state index in [-0.39, 0.29) is 0 Å². The molecular weight excluding hydrogens is 90.4 g/mol. The molecule has 0 aliphatic heterocycles. The quantitative estimate of drug-likeness (QED) is 0.323. The second kappa shape index (κ2) is 3.49. The van der Waals surface area contributed by atoms with Crippen molar-refractivity contribution in [1.29, 1.82) is 0 Å². The zero-order chi connectivity index (χ0) is 3.41. The van der Waals surface area contributed by atoms with Crippen LogP contribution in [0.25, 0.3) is 0 Å². The molecule has 0 aromatic carbocycles. The Labute approximate surface area is 34.9 Å². The number of hydrogen-bond donors (Lipinski definition) is 0. The molecule has 4 heavy (non-hydrogen) atoms. The molecule has 0 aromatic heterocycles. The van der Waals surface area contributed by atoms with E-state index in [0.29, 0.717) is 0 Å². The highest BCUT2D eigenvalue weighted by Crippen LogP contribution is 1.51. The van der Waals surface area contributed by atoms with Gasteiger partial charge in [-0.2, -0.15) is 0 Å². The van der Waals surface area contributed by atoms with E-state index in [4.69, 9.17) is 14.8 Å². The molecular formula is CH2AlClO. The van der Waals surface area contributed by atoms with E-state index in [0.717, 1.165) is 5.15 Å². The molecule has 0 N–H and O–H groups in total. The van der Waals surface area contributed by atoms with Crippen LogP contribution in [-0.2, 0) is 4.79 Å². The van der Waals surface area contributed by atoms with Crippen LogP contribution < -0.4 is 0 Å². The van der Waals surface area contributed by atoms with Gasteiger partial charge in [-0.3, -0.25) is 10.0 Å². The summed E-state index contributed by atoms with van der Waals surface area (Å²) in [5.41, 5.74) is 0. The van der Waals surface area contributed by atoms with E-state index in [9.17, 15) is 0 Å². The minimum atomic E-state index is -0.784. The first kappa shape index (κ1) is 4.49. The van der Waals surface area contributed by atoms with Crippen LogP contribution in [0.2, 0.25) is 0 Å². The van der Waals surface area contributed by atoms with Gasteiger partial charge in [-0.1, -0.05) is 0 Å². The fraction of sp³-hybridized carbons (Fsp3) is 0. The minimum Gasteiger partial charge on any atom is -0.323 e. The van der Waals surface area contributed by atoms with Crippen LogP contribution in [0.4, 0.5) is 0 Å². The van der Waals surface area contributed by atoms with Crippen molar-refractivity contribution in [3.8, 4) is 0 Å². The molecule has 0 spiro atoms. The third kappa shape index (κ3) is 2.49. The lowest BCUT2D eigenvalue weighted by atomic mass is 11.8. The van der Waals surface area contributed by atoms with Gasteiger partial charge in [-0.25, -0.2) is 0 Å². The molecule has 0 fully saturated rings. The van der Waals surface area contributed by atoms with Crippen molar-refractivity contribution in [2.75, 3.05) is 0 Å². The third-order valence-corrected chi connectivity index (χ3v) is 0.567. The van der Waals surface area contributed by atoms with Crippen molar-refractivity contribution in [1.82, 2.24) is 0 Å². The van der Waals surface area contributed by atoms with E-state index in [2.05, 4.69) is 0 Å². The van der Waals surface area contributed by atoms with Crippen LogP contribution >= 0.6 is 10.0 Å². The Morgan fingerprint density at radius 1 is 2.00 bits per heavy atom. The van der Waals surface area contributed by atoms with Crippen LogP contribution in [-0.4, -0.2) is 19.4 Å². The lowest BCUT2D eigenvalue weighted by Gasteiger charge is -1.40. The van der Waals surface area contributed by atoms with Crippen LogP contribution in [0.3, 0.4) is 0 Å². The van der Waals surface area contributed by atoms with Crippen LogP contribution in [0.1, 0.15) is 0 Å². The van der Waals surface area contributed by atoms with Crippen molar-refractivity contribution >= 4 is 29.5 Å². The van der Waals surface area contributed by atoms with E-state index < -0.39 is 14.3 Å². The molecule has 0 rings (SSSR count). The van der Waals surface area contributed by atoms with Crippen LogP contribution in [0.15, 0.2) is 0 Å². The molecule has 0 aromatic rings. The summed E-state index contributed by atoms with van der Waals surface area (Å²) in [5, 5.41) is 0.779. The SMILES string of the molecule is O=[CH][AlH][Cl]. The lowest BCUT2D eigenvalue weighted by Crippen LogP contribution is -1.70. The maximum atomic E-state index is 9.10. The summed E-state index contributed by atoms with van der Waals surface area (Å²) >= 11 is -0.784. The summed E-state index contributed by atoms with van der Waals surface area (Å²) in [6.45, 7) is 0. The van der Waals surface area contributed by atoms with Crippen molar-refractivity contribution in [2.45, 2.75) is 0 Å². The summed E-state index contributed by atoms with van der Waals surface area (Å²) in [7, 11) is 4.96. The van der Waals surface area contributed by atoms with Crippen LogP contribution in [0, 0.1) is 0 Å². The smallest absolute Gasteiger partial charge is 0.323 e. The zero-order valence-electron chi connectivity index (χ0n) is 2.07. The molecule has 22 valence electrons. The summed E-state index contributed by atoms with van der Waals surface area (Å²) < 4.78 is 0. The van der Waals surface area contributed by atoms with Gasteiger partial charge in [0.15, 0.2) is 0 Å². The summed E-state index contributed by atoms with van der Waals surface area (Å²) in [6.07, 6.45) is 0. The van der Waals surface area contributed by atoms with Gasteiger partial charge >= 0.3 is 14.3 Å². The minimum absolute atomic E-state index is 0.779. The molecule has 0 unspecified atom stereocenters. The van der Waals surface area contributed by atoms with Crippen molar-refractivity contribution in [3.05, 3.63) is 0 Å². The molecule has 0 saturated heterocycles. The Balaban J connectivity index is 2.30. The van der Waals surface area contributed by atoms with E-state index in [1.165, 1.54) is 0 Å². The molecule has 0 aliphatic rings. The van der Waals surface area contributed by atoms with Gasteiger partial charge in [-0.05, 0) is 0 Å². The normalized spacial score (nSPS) is 5.25. The predicted molar refractivity (Wildman–Crippen MR) is 19.8 cm³/mol. The second-order valence-electron chi connectivity index (χ2n) is 0.321. The predicted octanol–water partition coefficient (Wildman–Crippen LogP) is -0.233. The third-order valence-electron chi connectivity index (χ3n) is 0.0630. The summed E-state index contributed by atoms with van der Waals surface area (Å²) in [5.74, 6) is 0. The molecule has 0 atom stereocenters. The monoisotopic (exact) mass is 92.0 g/mol. The summed E-state index contributed by atoms with van der Waals surface area (Å²) in [6, 6.07) is 0. The topological polar surface area (TPSA) is 17.1 Å². The number of halogens is 1. The highest BCUT2D eigenvalue weighted by Gasteiger charge is 1.70. The average Bonchev–Trinajstić information content (AvgIpc) is 1.37. The van der Waals surface area contributed by atoms with E-state index in [1.807, 2.05) is 0 Å². The highest BCUT2D eigenvalue weighted by atomic mass is 35.6. The van der Waals surface area contributed by atoms with E-state index >= 15 is 0 Å². The average molecular weight is 92.5 g/mol. The number of carbonyl (C=O) groups excluding carboxylic acids is 1.